The van der Waals surface area contributed by atoms with Crippen LogP contribution in [0.5, 0.6) is 11.5 Å². The minimum Gasteiger partial charge on any atom is -0.491 e. The van der Waals surface area contributed by atoms with Gasteiger partial charge in [-0.1, -0.05) is 6.07 Å². The Morgan fingerprint density at radius 1 is 0.886 bits per heavy atom. The quantitative estimate of drug-likeness (QED) is 0.308. The van der Waals surface area contributed by atoms with Crippen molar-refractivity contribution in [1.82, 2.24) is 9.97 Å². The Labute approximate surface area is 208 Å². The lowest BCUT2D eigenvalue weighted by atomic mass is 9.97. The Balaban J connectivity index is 1.10. The zero-order valence-electron chi connectivity index (χ0n) is 20.2. The first-order chi connectivity index (χ1) is 17.1. The Morgan fingerprint density at radius 3 is 2.37 bits per heavy atom. The van der Waals surface area contributed by atoms with Gasteiger partial charge >= 0.3 is 0 Å². The van der Waals surface area contributed by atoms with E-state index in [4.69, 9.17) is 19.2 Å². The van der Waals surface area contributed by atoms with E-state index >= 15 is 0 Å². The van der Waals surface area contributed by atoms with Gasteiger partial charge in [-0.2, -0.15) is 0 Å². The number of thiophene rings is 1. The summed E-state index contributed by atoms with van der Waals surface area (Å²) < 4.78 is 17.1. The lowest BCUT2D eigenvalue weighted by Gasteiger charge is -2.10. The highest BCUT2D eigenvalue weighted by Gasteiger charge is 2.20. The van der Waals surface area contributed by atoms with E-state index < -0.39 is 0 Å². The molecule has 182 valence electrons. The van der Waals surface area contributed by atoms with Crippen LogP contribution in [0.3, 0.4) is 0 Å². The molecule has 0 radical (unpaired) electrons. The monoisotopic (exact) mass is 490 g/mol. The zero-order chi connectivity index (χ0) is 24.2. The molecule has 4 aromatic rings. The summed E-state index contributed by atoms with van der Waals surface area (Å²) in [6.07, 6.45) is 4.38. The van der Waals surface area contributed by atoms with Crippen LogP contribution in [0.15, 0.2) is 47.3 Å². The smallest absolute Gasteiger partial charge is 0.260 e. The molecule has 0 atom stereocenters. The minimum absolute atomic E-state index is 0.0385. The number of aryl methyl sites for hydroxylation is 4. The van der Waals surface area contributed by atoms with Crippen LogP contribution in [0, 0.1) is 13.8 Å². The highest BCUT2D eigenvalue weighted by Crippen LogP contribution is 2.34. The number of H-pyrrole nitrogens is 1. The molecule has 0 saturated heterocycles. The molecule has 7 heteroatoms. The van der Waals surface area contributed by atoms with Crippen LogP contribution in [0.2, 0.25) is 0 Å². The number of nitrogens with one attached hydrogen (secondary N) is 1. The lowest BCUT2D eigenvalue weighted by Crippen LogP contribution is -2.12. The van der Waals surface area contributed by atoms with Crippen LogP contribution in [-0.4, -0.2) is 36.4 Å². The number of aromatic amines is 1. The van der Waals surface area contributed by atoms with Gasteiger partial charge in [-0.25, -0.2) is 4.98 Å². The second kappa shape index (κ2) is 10.6. The molecular weight excluding hydrogens is 460 g/mol. The molecule has 0 aliphatic heterocycles. The normalized spacial score (nSPS) is 13.1. The van der Waals surface area contributed by atoms with Crippen molar-refractivity contribution in [3.8, 4) is 22.9 Å². The summed E-state index contributed by atoms with van der Waals surface area (Å²) in [5.41, 5.74) is 4.51. The van der Waals surface area contributed by atoms with E-state index in [1.54, 1.807) is 11.3 Å². The van der Waals surface area contributed by atoms with Crippen molar-refractivity contribution in [2.24, 2.45) is 0 Å². The van der Waals surface area contributed by atoms with Gasteiger partial charge < -0.3 is 19.2 Å². The summed E-state index contributed by atoms with van der Waals surface area (Å²) >= 11 is 1.67. The molecule has 1 aliphatic carbocycles. The fourth-order valence-electron chi connectivity index (χ4n) is 4.35. The van der Waals surface area contributed by atoms with Crippen molar-refractivity contribution in [3.05, 3.63) is 74.4 Å². The van der Waals surface area contributed by atoms with Crippen molar-refractivity contribution in [2.45, 2.75) is 39.5 Å². The van der Waals surface area contributed by atoms with Gasteiger partial charge in [0.25, 0.3) is 5.56 Å². The number of nitrogens with zero attached hydrogens (tertiary/aromatic N) is 1. The third kappa shape index (κ3) is 5.41. The second-order valence-corrected chi connectivity index (χ2v) is 9.97. The van der Waals surface area contributed by atoms with E-state index in [-0.39, 0.29) is 5.56 Å². The number of rotatable bonds is 9. The molecule has 1 aliphatic rings. The molecule has 0 saturated carbocycles. The predicted octanol–water partition coefficient (Wildman–Crippen LogP) is 5.62. The van der Waals surface area contributed by atoms with E-state index in [0.717, 1.165) is 46.5 Å². The van der Waals surface area contributed by atoms with Crippen molar-refractivity contribution < 1.29 is 14.2 Å². The van der Waals surface area contributed by atoms with Crippen LogP contribution >= 0.6 is 11.3 Å². The average Bonchev–Trinajstić information content (AvgIpc) is 3.25. The first-order valence-electron chi connectivity index (χ1n) is 12.1. The van der Waals surface area contributed by atoms with E-state index in [1.807, 2.05) is 36.4 Å². The molecular formula is C28H30N2O4S. The van der Waals surface area contributed by atoms with Gasteiger partial charge in [0.05, 0.1) is 18.6 Å². The molecule has 1 N–H and O–H groups in total. The van der Waals surface area contributed by atoms with Crippen molar-refractivity contribution in [3.63, 3.8) is 0 Å². The number of hydrogen-bond acceptors (Lipinski definition) is 6. The zero-order valence-corrected chi connectivity index (χ0v) is 21.0. The largest absolute Gasteiger partial charge is 0.491 e. The lowest BCUT2D eigenvalue weighted by molar-refractivity contribution is 0.0764. The summed E-state index contributed by atoms with van der Waals surface area (Å²) in [6.45, 7) is 6.09. The van der Waals surface area contributed by atoms with Crippen LogP contribution < -0.4 is 15.0 Å². The highest BCUT2D eigenvalue weighted by atomic mass is 32.1. The van der Waals surface area contributed by atoms with Gasteiger partial charge in [-0.3, -0.25) is 4.79 Å². The third-order valence-electron chi connectivity index (χ3n) is 6.42. The number of hydrogen-bond donors (Lipinski definition) is 1. The molecule has 0 fully saturated rings. The number of fused-ring (bicyclic) bond motifs is 3. The summed E-state index contributed by atoms with van der Waals surface area (Å²) in [5, 5.41) is 0.785. The van der Waals surface area contributed by atoms with Crippen molar-refractivity contribution in [2.75, 3.05) is 26.4 Å². The number of benzene rings is 2. The summed E-state index contributed by atoms with van der Waals surface area (Å²) in [6, 6.07) is 13.7. The first kappa shape index (κ1) is 23.6. The molecule has 2 aromatic heterocycles. The average molecular weight is 491 g/mol. The Bertz CT molecular complexity index is 1370. The van der Waals surface area contributed by atoms with Crippen LogP contribution in [-0.2, 0) is 17.6 Å². The Kier molecular flexibility index (Phi) is 7.16. The highest BCUT2D eigenvalue weighted by molar-refractivity contribution is 7.18. The standard InChI is InChI=1S/C28H30N2O4S/c1-18-7-10-22(17-19(18)2)34-16-14-32-13-15-33-21-11-8-20(9-12-21)26-29-27(31)25-23-5-3-4-6-24(23)35-28(25)30-26/h7-12,17H,3-6,13-16H2,1-2H3,(H,29,30,31). The molecule has 35 heavy (non-hydrogen) atoms. The van der Waals surface area contributed by atoms with Gasteiger partial charge in [0, 0.05) is 10.4 Å². The Morgan fingerprint density at radius 2 is 1.60 bits per heavy atom. The Hall–Kier alpha value is -3.16. The van der Waals surface area contributed by atoms with E-state index in [0.29, 0.717) is 32.3 Å². The molecule has 0 spiro atoms. The maximum Gasteiger partial charge on any atom is 0.260 e. The summed E-state index contributed by atoms with van der Waals surface area (Å²) in [5.74, 6) is 2.21. The third-order valence-corrected chi connectivity index (χ3v) is 7.61. The van der Waals surface area contributed by atoms with Crippen molar-refractivity contribution in [1.29, 1.82) is 0 Å². The maximum absolute atomic E-state index is 12.8. The van der Waals surface area contributed by atoms with Gasteiger partial charge in [-0.05, 0) is 92.6 Å². The van der Waals surface area contributed by atoms with E-state index in [9.17, 15) is 4.79 Å². The van der Waals surface area contributed by atoms with E-state index in [1.165, 1.54) is 28.0 Å². The van der Waals surface area contributed by atoms with Gasteiger partial charge in [0.2, 0.25) is 0 Å². The van der Waals surface area contributed by atoms with Gasteiger partial charge in [-0.15, -0.1) is 11.3 Å². The fourth-order valence-corrected chi connectivity index (χ4v) is 5.61. The molecule has 0 bridgehead atoms. The molecule has 0 unspecified atom stereocenters. The summed E-state index contributed by atoms with van der Waals surface area (Å²) in [7, 11) is 0. The molecule has 2 aromatic carbocycles. The molecule has 6 nitrogen and oxygen atoms in total. The van der Waals surface area contributed by atoms with E-state index in [2.05, 4.69) is 24.9 Å². The molecule has 5 rings (SSSR count). The predicted molar refractivity (Wildman–Crippen MR) is 140 cm³/mol. The molecule has 0 amide bonds. The fraction of sp³-hybridized carbons (Fsp3) is 0.357. The van der Waals surface area contributed by atoms with Crippen LogP contribution in [0.4, 0.5) is 0 Å². The van der Waals surface area contributed by atoms with Crippen LogP contribution in [0.1, 0.15) is 34.4 Å². The minimum atomic E-state index is -0.0385. The number of ether oxygens (including phenoxy) is 3. The van der Waals surface area contributed by atoms with Gasteiger partial charge in [0.1, 0.15) is 35.4 Å². The molecule has 2 heterocycles. The van der Waals surface area contributed by atoms with Crippen LogP contribution in [0.25, 0.3) is 21.6 Å². The SMILES string of the molecule is Cc1ccc(OCCOCCOc2ccc(-c3nc4sc5c(c4c(=O)[nH]3)CCCC5)cc2)cc1C. The van der Waals surface area contributed by atoms with Gasteiger partial charge in [0.15, 0.2) is 0 Å². The summed E-state index contributed by atoms with van der Waals surface area (Å²) in [4.78, 5) is 22.7. The van der Waals surface area contributed by atoms with Crippen molar-refractivity contribution >= 4 is 21.6 Å². The first-order valence-corrected chi connectivity index (χ1v) is 13.0. The number of aromatic nitrogens is 2. The topological polar surface area (TPSA) is 73.4 Å². The second-order valence-electron chi connectivity index (χ2n) is 8.89. The maximum atomic E-state index is 12.8.